The molecule has 1 amide bonds. The molecule has 0 spiro atoms. The molecule has 1 saturated carbocycles. The van der Waals surface area contributed by atoms with Crippen LogP contribution in [0.3, 0.4) is 0 Å². The summed E-state index contributed by atoms with van der Waals surface area (Å²) in [6.45, 7) is 4.16. The predicted octanol–water partition coefficient (Wildman–Crippen LogP) is 3.29. The molecule has 0 saturated heterocycles. The Morgan fingerprint density at radius 1 is 1.38 bits per heavy atom. The molecule has 0 aliphatic heterocycles. The molecule has 1 aromatic rings. The number of carbonyl (C=O) groups excluding carboxylic acids is 1. The number of carbonyl (C=O) groups is 2. The maximum atomic E-state index is 12.5. The first-order valence-corrected chi connectivity index (χ1v) is 8.52. The molecule has 0 radical (unpaired) electrons. The number of amides is 1. The van der Waals surface area contributed by atoms with Crippen LogP contribution in [0, 0.1) is 11.8 Å². The quantitative estimate of drug-likeness (QED) is 0.851. The van der Waals surface area contributed by atoms with Gasteiger partial charge < -0.3 is 15.2 Å². The topological polar surface area (TPSA) is 75.6 Å². The Labute approximate surface area is 147 Å². The van der Waals surface area contributed by atoms with Gasteiger partial charge >= 0.3 is 5.97 Å². The van der Waals surface area contributed by atoms with Gasteiger partial charge in [0.15, 0.2) is 0 Å². The van der Waals surface area contributed by atoms with Crippen molar-refractivity contribution in [2.45, 2.75) is 45.1 Å². The SMILES string of the molecule is COc1cc(Cl)ccc1CC(=O)NC1(C(=O)O)CCC(C)C(C)C1. The fourth-order valence-electron chi connectivity index (χ4n) is 3.32. The molecule has 2 rings (SSSR count). The molecule has 3 atom stereocenters. The van der Waals surface area contributed by atoms with Crippen molar-refractivity contribution in [2.24, 2.45) is 11.8 Å². The third-order valence-corrected chi connectivity index (χ3v) is 5.29. The van der Waals surface area contributed by atoms with Gasteiger partial charge in [0.1, 0.15) is 11.3 Å². The molecule has 2 N–H and O–H groups in total. The predicted molar refractivity (Wildman–Crippen MR) is 92.4 cm³/mol. The molecule has 3 unspecified atom stereocenters. The van der Waals surface area contributed by atoms with Crippen LogP contribution in [-0.4, -0.2) is 29.6 Å². The smallest absolute Gasteiger partial charge is 0.329 e. The highest BCUT2D eigenvalue weighted by Gasteiger charge is 2.45. The largest absolute Gasteiger partial charge is 0.496 e. The summed E-state index contributed by atoms with van der Waals surface area (Å²) in [7, 11) is 1.51. The number of aliphatic carboxylic acids is 1. The molecule has 0 aromatic heterocycles. The number of carboxylic acid groups (broad SMARTS) is 1. The molecule has 132 valence electrons. The molecular weight excluding hydrogens is 330 g/mol. The van der Waals surface area contributed by atoms with Crippen molar-refractivity contribution < 1.29 is 19.4 Å². The normalized spacial score (nSPS) is 26.7. The zero-order chi connectivity index (χ0) is 17.9. The Hall–Kier alpha value is -1.75. The molecular formula is C18H24ClNO4. The minimum Gasteiger partial charge on any atom is -0.496 e. The maximum absolute atomic E-state index is 12.5. The van der Waals surface area contributed by atoms with Crippen LogP contribution in [0.15, 0.2) is 18.2 Å². The van der Waals surface area contributed by atoms with Crippen molar-refractivity contribution in [3.05, 3.63) is 28.8 Å². The van der Waals surface area contributed by atoms with E-state index in [2.05, 4.69) is 12.2 Å². The summed E-state index contributed by atoms with van der Waals surface area (Å²) in [5.41, 5.74) is -0.500. The van der Waals surface area contributed by atoms with Gasteiger partial charge in [-0.25, -0.2) is 4.79 Å². The van der Waals surface area contributed by atoms with Crippen LogP contribution in [0.5, 0.6) is 5.75 Å². The summed E-state index contributed by atoms with van der Waals surface area (Å²) in [4.78, 5) is 24.3. The molecule has 1 aliphatic rings. The molecule has 6 heteroatoms. The average molecular weight is 354 g/mol. The monoisotopic (exact) mass is 353 g/mol. The van der Waals surface area contributed by atoms with Crippen LogP contribution in [0.1, 0.15) is 38.7 Å². The fraction of sp³-hybridized carbons (Fsp3) is 0.556. The highest BCUT2D eigenvalue weighted by molar-refractivity contribution is 6.30. The fourth-order valence-corrected chi connectivity index (χ4v) is 3.48. The van der Waals surface area contributed by atoms with Gasteiger partial charge in [0, 0.05) is 10.6 Å². The molecule has 1 fully saturated rings. The number of methoxy groups -OCH3 is 1. The first-order valence-electron chi connectivity index (χ1n) is 8.14. The number of benzene rings is 1. The lowest BCUT2D eigenvalue weighted by molar-refractivity contribution is -0.150. The van der Waals surface area contributed by atoms with E-state index in [0.717, 1.165) is 6.42 Å². The van der Waals surface area contributed by atoms with Crippen molar-refractivity contribution in [3.8, 4) is 5.75 Å². The number of hydrogen-bond acceptors (Lipinski definition) is 3. The van der Waals surface area contributed by atoms with Crippen molar-refractivity contribution in [1.29, 1.82) is 0 Å². The number of carboxylic acids is 1. The summed E-state index contributed by atoms with van der Waals surface area (Å²) in [5, 5.41) is 13.0. The molecule has 5 nitrogen and oxygen atoms in total. The van der Waals surface area contributed by atoms with Crippen LogP contribution in [0.2, 0.25) is 5.02 Å². The second-order valence-electron chi connectivity index (χ2n) is 6.77. The standard InChI is InChI=1S/C18H24ClNO4/c1-11-6-7-18(17(22)23,10-12(11)2)20-16(21)8-13-4-5-14(19)9-15(13)24-3/h4-5,9,11-12H,6-8,10H2,1-3H3,(H,20,21)(H,22,23). The van der Waals surface area contributed by atoms with Crippen LogP contribution in [0.4, 0.5) is 0 Å². The second kappa shape index (κ2) is 7.43. The molecule has 1 aromatic carbocycles. The van der Waals surface area contributed by atoms with Crippen molar-refractivity contribution >= 4 is 23.5 Å². The van der Waals surface area contributed by atoms with Gasteiger partial charge in [-0.15, -0.1) is 0 Å². The van der Waals surface area contributed by atoms with Gasteiger partial charge in [-0.2, -0.15) is 0 Å². The van der Waals surface area contributed by atoms with Gasteiger partial charge in [-0.1, -0.05) is 31.5 Å². The lowest BCUT2D eigenvalue weighted by Crippen LogP contribution is -2.58. The lowest BCUT2D eigenvalue weighted by Gasteiger charge is -2.40. The number of nitrogens with one attached hydrogen (secondary N) is 1. The van der Waals surface area contributed by atoms with Gasteiger partial charge in [-0.3, -0.25) is 4.79 Å². The highest BCUT2D eigenvalue weighted by Crippen LogP contribution is 2.36. The summed E-state index contributed by atoms with van der Waals surface area (Å²) in [5.74, 6) is -0.0453. The summed E-state index contributed by atoms with van der Waals surface area (Å²) in [6, 6.07) is 5.05. The van der Waals surface area contributed by atoms with E-state index < -0.39 is 11.5 Å². The van der Waals surface area contributed by atoms with E-state index in [1.807, 2.05) is 6.92 Å². The number of ether oxygens (including phenoxy) is 1. The van der Waals surface area contributed by atoms with E-state index in [0.29, 0.717) is 35.1 Å². The van der Waals surface area contributed by atoms with E-state index in [-0.39, 0.29) is 18.2 Å². The number of rotatable bonds is 5. The maximum Gasteiger partial charge on any atom is 0.329 e. The molecule has 24 heavy (non-hydrogen) atoms. The third kappa shape index (κ3) is 4.01. The van der Waals surface area contributed by atoms with E-state index in [1.54, 1.807) is 18.2 Å². The summed E-state index contributed by atoms with van der Waals surface area (Å²) >= 11 is 5.92. The zero-order valence-corrected chi connectivity index (χ0v) is 15.0. The van der Waals surface area contributed by atoms with E-state index in [9.17, 15) is 14.7 Å². The first kappa shape index (κ1) is 18.6. The first-order chi connectivity index (χ1) is 11.3. The van der Waals surface area contributed by atoms with Gasteiger partial charge in [-0.05, 0) is 43.2 Å². The summed E-state index contributed by atoms with van der Waals surface area (Å²) in [6.07, 6.45) is 1.75. The Balaban J connectivity index is 2.13. The van der Waals surface area contributed by atoms with Crippen molar-refractivity contribution in [2.75, 3.05) is 7.11 Å². The highest BCUT2D eigenvalue weighted by atomic mass is 35.5. The van der Waals surface area contributed by atoms with E-state index >= 15 is 0 Å². The van der Waals surface area contributed by atoms with E-state index in [4.69, 9.17) is 16.3 Å². The Morgan fingerprint density at radius 3 is 2.67 bits per heavy atom. The van der Waals surface area contributed by atoms with Crippen LogP contribution in [-0.2, 0) is 16.0 Å². The molecule has 0 heterocycles. The van der Waals surface area contributed by atoms with Crippen LogP contribution < -0.4 is 10.1 Å². The van der Waals surface area contributed by atoms with Crippen LogP contribution >= 0.6 is 11.6 Å². The molecule has 1 aliphatic carbocycles. The lowest BCUT2D eigenvalue weighted by atomic mass is 9.71. The van der Waals surface area contributed by atoms with Crippen LogP contribution in [0.25, 0.3) is 0 Å². The number of hydrogen-bond donors (Lipinski definition) is 2. The Morgan fingerprint density at radius 2 is 2.08 bits per heavy atom. The Kier molecular flexibility index (Phi) is 5.75. The molecule has 0 bridgehead atoms. The van der Waals surface area contributed by atoms with Crippen molar-refractivity contribution in [3.63, 3.8) is 0 Å². The minimum absolute atomic E-state index is 0.0549. The van der Waals surface area contributed by atoms with Gasteiger partial charge in [0.2, 0.25) is 5.91 Å². The van der Waals surface area contributed by atoms with E-state index in [1.165, 1.54) is 7.11 Å². The third-order valence-electron chi connectivity index (χ3n) is 5.06. The second-order valence-corrected chi connectivity index (χ2v) is 7.20. The minimum atomic E-state index is -1.18. The van der Waals surface area contributed by atoms with Gasteiger partial charge in [0.05, 0.1) is 13.5 Å². The van der Waals surface area contributed by atoms with Gasteiger partial charge in [0.25, 0.3) is 0 Å². The summed E-state index contributed by atoms with van der Waals surface area (Å²) < 4.78 is 5.24. The number of halogens is 1. The zero-order valence-electron chi connectivity index (χ0n) is 14.3. The van der Waals surface area contributed by atoms with Crippen molar-refractivity contribution in [1.82, 2.24) is 5.32 Å². The Bertz CT molecular complexity index is 633. The average Bonchev–Trinajstić information content (AvgIpc) is 2.52.